The van der Waals surface area contributed by atoms with Crippen LogP contribution in [0.4, 0.5) is 0 Å². The lowest BCUT2D eigenvalue weighted by Crippen LogP contribution is -2.39. The highest BCUT2D eigenvalue weighted by atomic mass is 16.1. The number of carbonyl (C=O) groups excluding carboxylic acids is 1. The van der Waals surface area contributed by atoms with E-state index in [4.69, 9.17) is 0 Å². The number of hydrogen-bond acceptors (Lipinski definition) is 1. The molecule has 0 spiro atoms. The summed E-state index contributed by atoms with van der Waals surface area (Å²) in [6, 6.07) is 0. The van der Waals surface area contributed by atoms with Crippen LogP contribution in [-0.4, -0.2) is 5.78 Å². The first-order valence-electron chi connectivity index (χ1n) is 8.77. The van der Waals surface area contributed by atoms with E-state index in [0.29, 0.717) is 22.5 Å². The first-order valence-corrected chi connectivity index (χ1v) is 8.77. The van der Waals surface area contributed by atoms with Crippen molar-refractivity contribution in [1.29, 1.82) is 0 Å². The van der Waals surface area contributed by atoms with Gasteiger partial charge in [0.05, 0.1) is 0 Å². The number of fused-ring (bicyclic) bond motifs is 1. The minimum atomic E-state index is 0.330. The molecule has 0 saturated heterocycles. The molecule has 20 heavy (non-hydrogen) atoms. The van der Waals surface area contributed by atoms with E-state index in [1.165, 1.54) is 38.5 Å². The molecule has 1 heteroatoms. The Morgan fingerprint density at radius 2 is 2.00 bits per heavy atom. The number of hydrogen-bond donors (Lipinski definition) is 0. The summed E-state index contributed by atoms with van der Waals surface area (Å²) in [5.41, 5.74) is 0.791. The summed E-state index contributed by atoms with van der Waals surface area (Å²) in [6.45, 7) is 11.9. The predicted molar refractivity (Wildman–Crippen MR) is 85.6 cm³/mol. The molecule has 0 bridgehead atoms. The van der Waals surface area contributed by atoms with Gasteiger partial charge in [-0.1, -0.05) is 47.5 Å². The third-order valence-corrected chi connectivity index (χ3v) is 6.21. The molecule has 0 unspecified atom stereocenters. The van der Waals surface area contributed by atoms with Gasteiger partial charge in [-0.2, -0.15) is 0 Å². The van der Waals surface area contributed by atoms with Gasteiger partial charge in [0.15, 0.2) is 0 Å². The van der Waals surface area contributed by atoms with E-state index in [1.807, 2.05) is 0 Å². The molecule has 2 aliphatic carbocycles. The van der Waals surface area contributed by atoms with Crippen LogP contribution in [0.15, 0.2) is 0 Å². The molecule has 0 aromatic carbocycles. The van der Waals surface area contributed by atoms with Crippen LogP contribution < -0.4 is 0 Å². The Hall–Kier alpha value is -0.330. The second kappa shape index (κ2) is 5.81. The van der Waals surface area contributed by atoms with E-state index in [-0.39, 0.29) is 0 Å². The Kier molecular flexibility index (Phi) is 4.66. The van der Waals surface area contributed by atoms with Crippen molar-refractivity contribution < 1.29 is 4.79 Å². The van der Waals surface area contributed by atoms with E-state index in [0.717, 1.165) is 24.7 Å². The van der Waals surface area contributed by atoms with Crippen molar-refractivity contribution in [3.8, 4) is 0 Å². The van der Waals surface area contributed by atoms with Gasteiger partial charge >= 0.3 is 0 Å². The molecule has 0 amide bonds. The molecular weight excluding hydrogens is 244 g/mol. The Bertz CT molecular complexity index is 351. The number of ketones is 1. The Labute approximate surface area is 125 Å². The lowest BCUT2D eigenvalue weighted by Gasteiger charge is -2.42. The second-order valence-electron chi connectivity index (χ2n) is 8.99. The highest BCUT2D eigenvalue weighted by Gasteiger charge is 2.52. The van der Waals surface area contributed by atoms with Crippen molar-refractivity contribution in [2.75, 3.05) is 0 Å². The van der Waals surface area contributed by atoms with Crippen molar-refractivity contribution >= 4 is 5.78 Å². The topological polar surface area (TPSA) is 17.1 Å². The minimum Gasteiger partial charge on any atom is -0.299 e. The molecule has 2 rings (SSSR count). The van der Waals surface area contributed by atoms with Gasteiger partial charge in [0, 0.05) is 12.3 Å². The SMILES string of the molecule is C[C@@H](CCCC(C)(C)C)[C@H]1CC[C@H]2C(=O)CCC[C@]12C. The third-order valence-electron chi connectivity index (χ3n) is 6.21. The van der Waals surface area contributed by atoms with Crippen LogP contribution in [0.2, 0.25) is 0 Å². The molecule has 0 aromatic rings. The van der Waals surface area contributed by atoms with Crippen LogP contribution in [0, 0.1) is 28.6 Å². The fourth-order valence-corrected chi connectivity index (χ4v) is 5.06. The van der Waals surface area contributed by atoms with E-state index in [2.05, 4.69) is 34.6 Å². The lowest BCUT2D eigenvalue weighted by atomic mass is 9.62. The van der Waals surface area contributed by atoms with Crippen molar-refractivity contribution in [2.45, 2.75) is 86.0 Å². The molecule has 0 N–H and O–H groups in total. The average Bonchev–Trinajstić information content (AvgIpc) is 2.66. The molecule has 1 nitrogen and oxygen atoms in total. The smallest absolute Gasteiger partial charge is 0.136 e. The second-order valence-corrected chi connectivity index (χ2v) is 8.99. The van der Waals surface area contributed by atoms with Crippen LogP contribution >= 0.6 is 0 Å². The van der Waals surface area contributed by atoms with E-state index < -0.39 is 0 Å². The van der Waals surface area contributed by atoms with Crippen LogP contribution in [-0.2, 0) is 4.79 Å². The van der Waals surface area contributed by atoms with Gasteiger partial charge in [-0.05, 0) is 54.8 Å². The highest BCUT2D eigenvalue weighted by Crippen LogP contribution is 2.57. The molecule has 2 saturated carbocycles. The normalized spacial score (nSPS) is 36.0. The monoisotopic (exact) mass is 278 g/mol. The molecule has 116 valence electrons. The van der Waals surface area contributed by atoms with E-state index in [9.17, 15) is 4.79 Å². The largest absolute Gasteiger partial charge is 0.299 e. The van der Waals surface area contributed by atoms with Crippen LogP contribution in [0.25, 0.3) is 0 Å². The molecule has 0 radical (unpaired) electrons. The summed E-state index contributed by atoms with van der Waals surface area (Å²) in [5, 5.41) is 0. The summed E-state index contributed by atoms with van der Waals surface area (Å²) < 4.78 is 0. The lowest BCUT2D eigenvalue weighted by molar-refractivity contribution is -0.130. The standard InChI is InChI=1S/C19H34O/c1-14(8-6-12-18(2,3)4)15-10-11-16-17(20)9-7-13-19(15,16)5/h14-16H,6-13H2,1-5H3/t14-,15+,16-,19+/m0/s1. The van der Waals surface area contributed by atoms with Gasteiger partial charge < -0.3 is 0 Å². The molecule has 0 aliphatic heterocycles. The number of carbonyl (C=O) groups is 1. The van der Waals surface area contributed by atoms with Crippen molar-refractivity contribution in [3.63, 3.8) is 0 Å². The van der Waals surface area contributed by atoms with Gasteiger partial charge in [0.1, 0.15) is 5.78 Å². The zero-order valence-electron chi connectivity index (χ0n) is 14.3. The van der Waals surface area contributed by atoms with Gasteiger partial charge in [-0.3, -0.25) is 4.79 Å². The fourth-order valence-electron chi connectivity index (χ4n) is 5.06. The maximum atomic E-state index is 12.2. The Morgan fingerprint density at radius 3 is 2.65 bits per heavy atom. The van der Waals surface area contributed by atoms with Gasteiger partial charge in [-0.25, -0.2) is 0 Å². The maximum Gasteiger partial charge on any atom is 0.136 e. The molecular formula is C19H34O. The zero-order chi connectivity index (χ0) is 15.0. The molecule has 0 aromatic heterocycles. The van der Waals surface area contributed by atoms with Gasteiger partial charge in [0.2, 0.25) is 0 Å². The zero-order valence-corrected chi connectivity index (χ0v) is 14.3. The highest BCUT2D eigenvalue weighted by molar-refractivity contribution is 5.83. The third kappa shape index (κ3) is 3.28. The van der Waals surface area contributed by atoms with Crippen molar-refractivity contribution in [1.82, 2.24) is 0 Å². The van der Waals surface area contributed by atoms with Gasteiger partial charge in [-0.15, -0.1) is 0 Å². The molecule has 2 fully saturated rings. The quantitative estimate of drug-likeness (QED) is 0.652. The average molecular weight is 278 g/mol. The molecule has 0 heterocycles. The van der Waals surface area contributed by atoms with Gasteiger partial charge in [0.25, 0.3) is 0 Å². The summed E-state index contributed by atoms with van der Waals surface area (Å²) in [4.78, 5) is 12.2. The summed E-state index contributed by atoms with van der Waals surface area (Å²) in [5.74, 6) is 2.55. The minimum absolute atomic E-state index is 0.330. The summed E-state index contributed by atoms with van der Waals surface area (Å²) in [6.07, 6.45) is 9.75. The van der Waals surface area contributed by atoms with Crippen molar-refractivity contribution in [3.05, 3.63) is 0 Å². The van der Waals surface area contributed by atoms with Crippen LogP contribution in [0.1, 0.15) is 86.0 Å². The number of Topliss-reactive ketones (excluding diaryl/α,β-unsaturated/α-hetero) is 1. The summed E-state index contributed by atoms with van der Waals surface area (Å²) >= 11 is 0. The molecule has 2 aliphatic rings. The first-order chi connectivity index (χ1) is 9.24. The fraction of sp³-hybridized carbons (Fsp3) is 0.947. The van der Waals surface area contributed by atoms with Crippen LogP contribution in [0.5, 0.6) is 0 Å². The maximum absolute atomic E-state index is 12.2. The van der Waals surface area contributed by atoms with E-state index >= 15 is 0 Å². The summed E-state index contributed by atoms with van der Waals surface area (Å²) in [7, 11) is 0. The van der Waals surface area contributed by atoms with Crippen LogP contribution in [0.3, 0.4) is 0 Å². The first kappa shape index (κ1) is 16.0. The molecule has 4 atom stereocenters. The number of rotatable bonds is 4. The predicted octanol–water partition coefficient (Wildman–Crippen LogP) is 5.62. The van der Waals surface area contributed by atoms with Crippen molar-refractivity contribution in [2.24, 2.45) is 28.6 Å². The van der Waals surface area contributed by atoms with E-state index in [1.54, 1.807) is 0 Å². The Balaban J connectivity index is 1.93. The Morgan fingerprint density at radius 1 is 1.30 bits per heavy atom.